The predicted molar refractivity (Wildman–Crippen MR) is 109 cm³/mol. The van der Waals surface area contributed by atoms with E-state index in [-0.39, 0.29) is 18.6 Å². The number of allylic oxidation sites excluding steroid dienone is 1. The molecule has 27 heavy (non-hydrogen) atoms. The van der Waals surface area contributed by atoms with Gasteiger partial charge in [0.1, 0.15) is 6.61 Å². The number of carbonyl (C=O) groups is 1. The summed E-state index contributed by atoms with van der Waals surface area (Å²) >= 11 is 5.62. The third-order valence-electron chi connectivity index (χ3n) is 5.12. The summed E-state index contributed by atoms with van der Waals surface area (Å²) in [6.45, 7) is 6.91. The monoisotopic (exact) mass is 388 g/mol. The lowest BCUT2D eigenvalue weighted by atomic mass is 9.92. The summed E-state index contributed by atoms with van der Waals surface area (Å²) in [5, 5.41) is 4.05. The van der Waals surface area contributed by atoms with Crippen molar-refractivity contribution in [1.82, 2.24) is 10.2 Å². The van der Waals surface area contributed by atoms with Gasteiger partial charge in [-0.2, -0.15) is 0 Å². The fourth-order valence-electron chi connectivity index (χ4n) is 3.41. The number of hydrogen-bond acceptors (Lipinski definition) is 4. The van der Waals surface area contributed by atoms with Crippen molar-refractivity contribution in [3.8, 4) is 0 Å². The molecule has 0 radical (unpaired) electrons. The average Bonchev–Trinajstić information content (AvgIpc) is 3.46. The van der Waals surface area contributed by atoms with Gasteiger partial charge in [0, 0.05) is 18.8 Å². The molecule has 0 saturated heterocycles. The van der Waals surface area contributed by atoms with Gasteiger partial charge in [-0.15, -0.1) is 0 Å². The van der Waals surface area contributed by atoms with Gasteiger partial charge in [-0.1, -0.05) is 38.1 Å². The molecule has 0 amide bonds. The third kappa shape index (κ3) is 4.33. The van der Waals surface area contributed by atoms with E-state index in [0.29, 0.717) is 29.3 Å². The average molecular weight is 389 g/mol. The van der Waals surface area contributed by atoms with Gasteiger partial charge in [0.25, 0.3) is 0 Å². The molecule has 6 heteroatoms. The van der Waals surface area contributed by atoms with Crippen LogP contribution in [0.1, 0.15) is 56.7 Å². The molecular formula is C21H28N2O3S. The predicted octanol–water partition coefficient (Wildman–Crippen LogP) is 3.67. The normalized spacial score (nSPS) is 20.1. The van der Waals surface area contributed by atoms with E-state index in [9.17, 15) is 4.79 Å². The standard InChI is InChI=1S/C21H28N2O3S/c1-13(2)15-5-7-16(8-6-15)19-18(20(24)26-12-11-25-4)14(3)23(17-9-10-17)21(27)22-19/h5-8,13,17,19H,9-12H2,1-4H3,(H,22,27). The van der Waals surface area contributed by atoms with E-state index in [1.807, 2.05) is 6.92 Å². The summed E-state index contributed by atoms with van der Waals surface area (Å²) in [5.41, 5.74) is 3.79. The Kier molecular flexibility index (Phi) is 6.17. The largest absolute Gasteiger partial charge is 0.460 e. The fourth-order valence-corrected chi connectivity index (χ4v) is 3.82. The highest BCUT2D eigenvalue weighted by Crippen LogP contribution is 2.38. The summed E-state index contributed by atoms with van der Waals surface area (Å²) in [7, 11) is 1.59. The topological polar surface area (TPSA) is 50.8 Å². The zero-order valence-electron chi connectivity index (χ0n) is 16.5. The Morgan fingerprint density at radius 2 is 1.93 bits per heavy atom. The molecule has 0 bridgehead atoms. The first-order chi connectivity index (χ1) is 12.9. The van der Waals surface area contributed by atoms with Crippen LogP contribution < -0.4 is 5.32 Å². The second-order valence-corrected chi connectivity index (χ2v) is 7.82. The molecule has 1 unspecified atom stereocenters. The number of nitrogens with one attached hydrogen (secondary N) is 1. The first-order valence-corrected chi connectivity index (χ1v) is 9.91. The van der Waals surface area contributed by atoms with Crippen LogP contribution in [0.15, 0.2) is 35.5 Å². The summed E-state index contributed by atoms with van der Waals surface area (Å²) < 4.78 is 10.5. The van der Waals surface area contributed by atoms with E-state index >= 15 is 0 Å². The Bertz CT molecular complexity index is 738. The molecule has 2 aliphatic rings. The quantitative estimate of drug-likeness (QED) is 0.437. The number of nitrogens with zero attached hydrogens (tertiary/aromatic N) is 1. The Morgan fingerprint density at radius 3 is 2.48 bits per heavy atom. The minimum atomic E-state index is -0.317. The van der Waals surface area contributed by atoms with Gasteiger partial charge < -0.3 is 19.7 Å². The summed E-state index contributed by atoms with van der Waals surface area (Å²) in [6, 6.07) is 8.44. The second kappa shape index (κ2) is 8.40. The van der Waals surface area contributed by atoms with Crippen LogP contribution in [-0.4, -0.2) is 42.3 Å². The molecule has 0 aromatic heterocycles. The number of ether oxygens (including phenoxy) is 2. The number of thiocarbonyl (C=S) groups is 1. The molecular weight excluding hydrogens is 360 g/mol. The zero-order valence-corrected chi connectivity index (χ0v) is 17.3. The number of benzene rings is 1. The summed E-state index contributed by atoms with van der Waals surface area (Å²) in [5.74, 6) is 0.142. The first-order valence-electron chi connectivity index (χ1n) is 9.50. The SMILES string of the molecule is COCCOC(=O)C1=C(C)N(C2CC2)C(=S)NC1c1ccc(C(C)C)cc1. The van der Waals surface area contributed by atoms with Gasteiger partial charge >= 0.3 is 5.97 Å². The van der Waals surface area contributed by atoms with Crippen molar-refractivity contribution < 1.29 is 14.3 Å². The maximum atomic E-state index is 12.9. The fraction of sp³-hybridized carbons (Fsp3) is 0.524. The number of esters is 1. The Morgan fingerprint density at radius 1 is 1.26 bits per heavy atom. The van der Waals surface area contributed by atoms with E-state index in [4.69, 9.17) is 21.7 Å². The van der Waals surface area contributed by atoms with Crippen molar-refractivity contribution in [2.24, 2.45) is 0 Å². The van der Waals surface area contributed by atoms with Gasteiger partial charge in [0.2, 0.25) is 0 Å². The van der Waals surface area contributed by atoms with Gasteiger partial charge in [0.05, 0.1) is 18.2 Å². The van der Waals surface area contributed by atoms with E-state index in [2.05, 4.69) is 48.3 Å². The lowest BCUT2D eigenvalue weighted by Crippen LogP contribution is -2.48. The van der Waals surface area contributed by atoms with Gasteiger partial charge in [-0.25, -0.2) is 4.79 Å². The van der Waals surface area contributed by atoms with Crippen LogP contribution in [0.4, 0.5) is 0 Å². The molecule has 1 aromatic carbocycles. The number of hydrogen-bond donors (Lipinski definition) is 1. The van der Waals surface area contributed by atoms with Crippen molar-refractivity contribution >= 4 is 23.3 Å². The molecule has 1 atom stereocenters. The molecule has 1 aliphatic carbocycles. The van der Waals surface area contributed by atoms with E-state index in [1.165, 1.54) is 5.56 Å². The van der Waals surface area contributed by atoms with Crippen LogP contribution in [-0.2, 0) is 14.3 Å². The summed E-state index contributed by atoms with van der Waals surface area (Å²) in [6.07, 6.45) is 2.19. The molecule has 146 valence electrons. The molecule has 1 N–H and O–H groups in total. The van der Waals surface area contributed by atoms with Crippen molar-refractivity contribution in [2.75, 3.05) is 20.3 Å². The van der Waals surface area contributed by atoms with Crippen LogP contribution in [0.5, 0.6) is 0 Å². The molecule has 1 aliphatic heterocycles. The van der Waals surface area contributed by atoms with Crippen LogP contribution in [0, 0.1) is 0 Å². The maximum Gasteiger partial charge on any atom is 0.338 e. The van der Waals surface area contributed by atoms with Crippen LogP contribution in [0.3, 0.4) is 0 Å². The molecule has 1 heterocycles. The number of rotatable bonds is 7. The maximum absolute atomic E-state index is 12.9. The molecule has 1 fully saturated rings. The highest BCUT2D eigenvalue weighted by atomic mass is 32.1. The van der Waals surface area contributed by atoms with Crippen molar-refractivity contribution in [1.29, 1.82) is 0 Å². The van der Waals surface area contributed by atoms with Crippen LogP contribution >= 0.6 is 12.2 Å². The van der Waals surface area contributed by atoms with Crippen molar-refractivity contribution in [3.05, 3.63) is 46.7 Å². The molecule has 1 saturated carbocycles. The van der Waals surface area contributed by atoms with E-state index < -0.39 is 0 Å². The zero-order chi connectivity index (χ0) is 19.6. The van der Waals surface area contributed by atoms with Crippen LogP contribution in [0.2, 0.25) is 0 Å². The van der Waals surface area contributed by atoms with Gasteiger partial charge in [-0.3, -0.25) is 0 Å². The number of carbonyl (C=O) groups excluding carboxylic acids is 1. The van der Waals surface area contributed by atoms with Gasteiger partial charge in [0.15, 0.2) is 5.11 Å². The minimum absolute atomic E-state index is 0.235. The van der Waals surface area contributed by atoms with Gasteiger partial charge in [-0.05, 0) is 49.0 Å². The highest BCUT2D eigenvalue weighted by molar-refractivity contribution is 7.80. The van der Waals surface area contributed by atoms with E-state index in [1.54, 1.807) is 7.11 Å². The third-order valence-corrected chi connectivity index (χ3v) is 5.43. The summed E-state index contributed by atoms with van der Waals surface area (Å²) in [4.78, 5) is 15.0. The minimum Gasteiger partial charge on any atom is -0.460 e. The first kappa shape index (κ1) is 19.8. The smallest absolute Gasteiger partial charge is 0.338 e. The van der Waals surface area contributed by atoms with Crippen LogP contribution in [0.25, 0.3) is 0 Å². The lowest BCUT2D eigenvalue weighted by molar-refractivity contribution is -0.140. The Hall–Kier alpha value is -1.92. The highest BCUT2D eigenvalue weighted by Gasteiger charge is 2.40. The molecule has 5 nitrogen and oxygen atoms in total. The Balaban J connectivity index is 1.94. The molecule has 3 rings (SSSR count). The van der Waals surface area contributed by atoms with Crippen molar-refractivity contribution in [2.45, 2.75) is 51.6 Å². The molecule has 0 spiro atoms. The second-order valence-electron chi connectivity index (χ2n) is 7.43. The lowest BCUT2D eigenvalue weighted by Gasteiger charge is -2.37. The number of methoxy groups -OCH3 is 1. The van der Waals surface area contributed by atoms with Crippen molar-refractivity contribution in [3.63, 3.8) is 0 Å². The Labute approximate surface area is 166 Å². The molecule has 1 aromatic rings. The van der Waals surface area contributed by atoms with E-state index in [0.717, 1.165) is 24.1 Å².